The van der Waals surface area contributed by atoms with Crippen LogP contribution in [0.15, 0.2) is 24.3 Å². The molecule has 3 rings (SSSR count). The van der Waals surface area contributed by atoms with Crippen LogP contribution in [-0.4, -0.2) is 33.1 Å². The number of para-hydroxylation sites is 1. The van der Waals surface area contributed by atoms with Crippen LogP contribution in [0, 0.1) is 0 Å². The highest BCUT2D eigenvalue weighted by molar-refractivity contribution is 5.86. The molecule has 2 atom stereocenters. The second-order valence-electron chi connectivity index (χ2n) is 8.67. The molecule has 2 heterocycles. The molecule has 1 N–H and O–H groups in total. The Kier molecular flexibility index (Phi) is 5.83. The zero-order chi connectivity index (χ0) is 22.5. The number of halogens is 6. The summed E-state index contributed by atoms with van der Waals surface area (Å²) < 4.78 is 80.8. The van der Waals surface area contributed by atoms with Gasteiger partial charge in [0.2, 0.25) is 0 Å². The van der Waals surface area contributed by atoms with Crippen LogP contribution in [0.4, 0.5) is 26.3 Å². The third-order valence-corrected chi connectivity index (χ3v) is 5.56. The highest BCUT2D eigenvalue weighted by atomic mass is 19.4. The van der Waals surface area contributed by atoms with Crippen LogP contribution < -0.4 is 0 Å². The fourth-order valence-corrected chi connectivity index (χ4v) is 4.22. The summed E-state index contributed by atoms with van der Waals surface area (Å²) in [7, 11) is 0. The summed E-state index contributed by atoms with van der Waals surface area (Å²) in [5.74, 6) is 0. The number of likely N-dealkylation sites (tertiary alicyclic amines) is 1. The number of nitrogens with zero attached hydrogens (tertiary/aromatic N) is 2. The van der Waals surface area contributed by atoms with Crippen molar-refractivity contribution in [1.82, 2.24) is 9.88 Å². The molecule has 0 amide bonds. The van der Waals surface area contributed by atoms with Gasteiger partial charge in [0.15, 0.2) is 0 Å². The van der Waals surface area contributed by atoms with E-state index in [0.29, 0.717) is 25.1 Å². The van der Waals surface area contributed by atoms with Crippen LogP contribution in [-0.2, 0) is 12.4 Å². The number of rotatable bonds is 2. The van der Waals surface area contributed by atoms with Gasteiger partial charge >= 0.3 is 12.4 Å². The van der Waals surface area contributed by atoms with Gasteiger partial charge in [0.05, 0.1) is 17.2 Å². The van der Waals surface area contributed by atoms with Gasteiger partial charge in [-0.1, -0.05) is 18.6 Å². The molecule has 2 unspecified atom stereocenters. The van der Waals surface area contributed by atoms with E-state index in [2.05, 4.69) is 4.98 Å². The molecule has 0 bridgehead atoms. The molecule has 0 saturated carbocycles. The van der Waals surface area contributed by atoms with Gasteiger partial charge in [0, 0.05) is 17.0 Å². The minimum Gasteiger partial charge on any atom is -0.387 e. The molecule has 3 nitrogen and oxygen atoms in total. The lowest BCUT2D eigenvalue weighted by molar-refractivity contribution is -0.142. The number of aromatic nitrogens is 1. The number of aliphatic hydroxyl groups excluding tert-OH is 1. The van der Waals surface area contributed by atoms with Crippen LogP contribution >= 0.6 is 0 Å². The van der Waals surface area contributed by atoms with Crippen molar-refractivity contribution >= 4 is 10.9 Å². The van der Waals surface area contributed by atoms with Gasteiger partial charge in [-0.2, -0.15) is 26.3 Å². The third-order valence-electron chi connectivity index (χ3n) is 5.56. The second-order valence-corrected chi connectivity index (χ2v) is 8.67. The number of benzene rings is 1. The summed E-state index contributed by atoms with van der Waals surface area (Å²) >= 11 is 0. The monoisotopic (exact) mass is 434 g/mol. The normalized spacial score (nSPS) is 20.5. The van der Waals surface area contributed by atoms with Crippen LogP contribution in [0.3, 0.4) is 0 Å². The summed E-state index contributed by atoms with van der Waals surface area (Å²) in [6, 6.07) is 3.27. The maximum Gasteiger partial charge on any atom is 0.433 e. The van der Waals surface area contributed by atoms with Crippen molar-refractivity contribution in [3.63, 3.8) is 0 Å². The maximum absolute atomic E-state index is 13.5. The first-order valence-corrected chi connectivity index (χ1v) is 9.74. The molecule has 166 valence electrons. The lowest BCUT2D eigenvalue weighted by Gasteiger charge is -2.46. The Balaban J connectivity index is 2.23. The van der Waals surface area contributed by atoms with Gasteiger partial charge in [-0.15, -0.1) is 0 Å². The van der Waals surface area contributed by atoms with Crippen LogP contribution in [0.25, 0.3) is 10.9 Å². The Morgan fingerprint density at radius 2 is 1.70 bits per heavy atom. The average molecular weight is 434 g/mol. The van der Waals surface area contributed by atoms with Gasteiger partial charge in [-0.05, 0) is 57.9 Å². The molecule has 0 radical (unpaired) electrons. The smallest absolute Gasteiger partial charge is 0.387 e. The van der Waals surface area contributed by atoms with Crippen molar-refractivity contribution in [1.29, 1.82) is 0 Å². The van der Waals surface area contributed by atoms with E-state index < -0.39 is 41.3 Å². The van der Waals surface area contributed by atoms with E-state index in [4.69, 9.17) is 0 Å². The Hall–Kier alpha value is -1.87. The van der Waals surface area contributed by atoms with Crippen molar-refractivity contribution < 1.29 is 31.4 Å². The number of alkyl halides is 6. The number of hydrogen-bond acceptors (Lipinski definition) is 3. The molecule has 2 aromatic rings. The van der Waals surface area contributed by atoms with Crippen molar-refractivity contribution in [2.24, 2.45) is 0 Å². The first-order chi connectivity index (χ1) is 13.7. The molecule has 0 spiro atoms. The SMILES string of the molecule is CC(C)(C)N1CCCCC1C(O)c1cc(C(F)(F)F)nc2c(C(F)(F)F)cccc12. The van der Waals surface area contributed by atoms with E-state index in [0.717, 1.165) is 18.9 Å². The standard InChI is InChI=1S/C21H24F6N2O/c1-19(2,3)29-10-5-4-9-15(29)18(30)13-11-16(21(25,26)27)28-17-12(13)7-6-8-14(17)20(22,23)24/h6-8,11,15,18,30H,4-5,9-10H2,1-3H3. The predicted molar refractivity (Wildman–Crippen MR) is 101 cm³/mol. The van der Waals surface area contributed by atoms with Crippen molar-refractivity contribution in [2.45, 2.75) is 70.1 Å². The first-order valence-electron chi connectivity index (χ1n) is 9.74. The maximum atomic E-state index is 13.5. The molecule has 30 heavy (non-hydrogen) atoms. The fourth-order valence-electron chi connectivity index (χ4n) is 4.22. The summed E-state index contributed by atoms with van der Waals surface area (Å²) in [6.45, 7) is 6.46. The van der Waals surface area contributed by atoms with E-state index >= 15 is 0 Å². The van der Waals surface area contributed by atoms with E-state index in [9.17, 15) is 31.4 Å². The van der Waals surface area contributed by atoms with Gasteiger partial charge < -0.3 is 5.11 Å². The predicted octanol–water partition coefficient (Wildman–Crippen LogP) is 5.96. The molecular weight excluding hydrogens is 410 g/mol. The Morgan fingerprint density at radius 1 is 1.03 bits per heavy atom. The van der Waals surface area contributed by atoms with E-state index in [1.165, 1.54) is 6.07 Å². The zero-order valence-corrected chi connectivity index (χ0v) is 16.9. The number of pyridine rings is 1. The van der Waals surface area contributed by atoms with Crippen LogP contribution in [0.1, 0.15) is 63.0 Å². The van der Waals surface area contributed by atoms with Crippen molar-refractivity contribution in [2.75, 3.05) is 6.54 Å². The Morgan fingerprint density at radius 3 is 2.27 bits per heavy atom. The van der Waals surface area contributed by atoms with Gasteiger partial charge in [-0.25, -0.2) is 4.98 Å². The lowest BCUT2D eigenvalue weighted by Crippen LogP contribution is -2.52. The van der Waals surface area contributed by atoms with Gasteiger partial charge in [0.25, 0.3) is 0 Å². The molecule has 0 aliphatic carbocycles. The summed E-state index contributed by atoms with van der Waals surface area (Å²) in [5, 5.41) is 11.0. The van der Waals surface area contributed by atoms with Crippen molar-refractivity contribution in [3.8, 4) is 0 Å². The zero-order valence-electron chi connectivity index (χ0n) is 16.9. The first kappa shape index (κ1) is 22.8. The Bertz CT molecular complexity index is 917. The third kappa shape index (κ3) is 4.42. The number of hydrogen-bond donors (Lipinski definition) is 1. The molecule has 9 heteroatoms. The van der Waals surface area contributed by atoms with Crippen molar-refractivity contribution in [3.05, 3.63) is 41.1 Å². The molecule has 1 aliphatic heterocycles. The molecule has 1 aromatic heterocycles. The molecule has 1 fully saturated rings. The molecule has 1 aliphatic rings. The number of piperidine rings is 1. The fraction of sp³-hybridized carbons (Fsp3) is 0.571. The highest BCUT2D eigenvalue weighted by Gasteiger charge is 2.40. The Labute approximate surface area is 170 Å². The molecule has 1 aromatic carbocycles. The average Bonchev–Trinajstić information content (AvgIpc) is 2.63. The van der Waals surface area contributed by atoms with E-state index in [1.54, 1.807) is 0 Å². The summed E-state index contributed by atoms with van der Waals surface area (Å²) in [6.07, 6.45) is -9.03. The van der Waals surface area contributed by atoms with Gasteiger partial charge in [-0.3, -0.25) is 4.90 Å². The quantitative estimate of drug-likeness (QED) is 0.593. The number of aliphatic hydroxyl groups is 1. The minimum atomic E-state index is -4.95. The van der Waals surface area contributed by atoms with E-state index in [-0.39, 0.29) is 16.5 Å². The van der Waals surface area contributed by atoms with Gasteiger partial charge in [0.1, 0.15) is 5.69 Å². The largest absolute Gasteiger partial charge is 0.433 e. The molecule has 1 saturated heterocycles. The second kappa shape index (κ2) is 7.67. The van der Waals surface area contributed by atoms with E-state index in [1.807, 2.05) is 25.7 Å². The van der Waals surface area contributed by atoms with Crippen LogP contribution in [0.5, 0.6) is 0 Å². The lowest BCUT2D eigenvalue weighted by atomic mass is 9.87. The van der Waals surface area contributed by atoms with Crippen LogP contribution in [0.2, 0.25) is 0 Å². The molecular formula is C21H24F6N2O. The highest BCUT2D eigenvalue weighted by Crippen LogP contribution is 2.41. The summed E-state index contributed by atoms with van der Waals surface area (Å²) in [4.78, 5) is 5.31. The minimum absolute atomic E-state index is 0.121. The topological polar surface area (TPSA) is 36.4 Å². The summed E-state index contributed by atoms with van der Waals surface area (Å²) in [5.41, 5.74) is -4.04. The number of fused-ring (bicyclic) bond motifs is 1.